The van der Waals surface area contributed by atoms with Crippen molar-refractivity contribution in [1.29, 1.82) is 0 Å². The number of ether oxygens (including phenoxy) is 2. The minimum atomic E-state index is 0.439. The van der Waals surface area contributed by atoms with Crippen molar-refractivity contribution < 1.29 is 9.47 Å². The number of likely N-dealkylation sites (N-methyl/N-ethyl adjacent to an activating group) is 1. The fraction of sp³-hybridized carbons (Fsp3) is 1.00. The molecular weight excluding hydrogens is 252 g/mol. The molecule has 0 amide bonds. The highest BCUT2D eigenvalue weighted by Gasteiger charge is 2.25. The van der Waals surface area contributed by atoms with Crippen LogP contribution in [0.2, 0.25) is 0 Å². The third kappa shape index (κ3) is 6.08. The summed E-state index contributed by atoms with van der Waals surface area (Å²) in [5.74, 6) is 0.827. The molecule has 20 heavy (non-hydrogen) atoms. The molecule has 0 radical (unpaired) electrons. The minimum absolute atomic E-state index is 0.439. The average Bonchev–Trinajstić information content (AvgIpc) is 2.48. The molecule has 2 unspecified atom stereocenters. The fourth-order valence-corrected chi connectivity index (χ4v) is 3.31. The lowest BCUT2D eigenvalue weighted by Gasteiger charge is -2.36. The molecule has 0 aromatic carbocycles. The summed E-state index contributed by atoms with van der Waals surface area (Å²) in [6.45, 7) is 5.88. The predicted octanol–water partition coefficient (Wildman–Crippen LogP) is 2.14. The van der Waals surface area contributed by atoms with Crippen molar-refractivity contribution in [3.05, 3.63) is 0 Å². The Labute approximate surface area is 125 Å². The first-order valence-corrected chi connectivity index (χ1v) is 8.12. The van der Waals surface area contributed by atoms with Crippen molar-refractivity contribution in [2.45, 2.75) is 51.1 Å². The van der Waals surface area contributed by atoms with E-state index in [1.807, 2.05) is 0 Å². The van der Waals surface area contributed by atoms with Crippen LogP contribution >= 0.6 is 0 Å². The zero-order valence-corrected chi connectivity index (χ0v) is 13.9. The van der Waals surface area contributed by atoms with E-state index < -0.39 is 0 Å². The second kappa shape index (κ2) is 10.6. The topological polar surface area (TPSA) is 33.7 Å². The van der Waals surface area contributed by atoms with E-state index in [2.05, 4.69) is 24.2 Å². The first-order valence-electron chi connectivity index (χ1n) is 8.12. The molecule has 0 bridgehead atoms. The van der Waals surface area contributed by atoms with E-state index in [1.165, 1.54) is 32.1 Å². The van der Waals surface area contributed by atoms with Crippen molar-refractivity contribution >= 4 is 0 Å². The van der Waals surface area contributed by atoms with Gasteiger partial charge in [0.2, 0.25) is 0 Å². The van der Waals surface area contributed by atoms with Gasteiger partial charge in [-0.1, -0.05) is 19.3 Å². The molecule has 0 aromatic heterocycles. The quantitative estimate of drug-likeness (QED) is 0.667. The predicted molar refractivity (Wildman–Crippen MR) is 84.2 cm³/mol. The van der Waals surface area contributed by atoms with E-state index >= 15 is 0 Å². The van der Waals surface area contributed by atoms with Gasteiger partial charge in [0.15, 0.2) is 0 Å². The summed E-state index contributed by atoms with van der Waals surface area (Å²) in [6.07, 6.45) is 6.97. The van der Waals surface area contributed by atoms with Gasteiger partial charge in [0, 0.05) is 39.4 Å². The van der Waals surface area contributed by atoms with Gasteiger partial charge in [-0.05, 0) is 32.7 Å². The molecule has 4 nitrogen and oxygen atoms in total. The van der Waals surface area contributed by atoms with Crippen molar-refractivity contribution in [3.63, 3.8) is 0 Å². The van der Waals surface area contributed by atoms with Gasteiger partial charge in [-0.3, -0.25) is 4.90 Å². The number of rotatable bonds is 10. The normalized spacial score (nSPS) is 20.2. The van der Waals surface area contributed by atoms with Crippen LogP contribution in [0.1, 0.15) is 39.0 Å². The molecule has 120 valence electrons. The summed E-state index contributed by atoms with van der Waals surface area (Å²) in [5.41, 5.74) is 0. The molecule has 1 aliphatic carbocycles. The van der Waals surface area contributed by atoms with Crippen LogP contribution in [0.4, 0.5) is 0 Å². The van der Waals surface area contributed by atoms with Gasteiger partial charge in [0.25, 0.3) is 0 Å². The third-order valence-electron chi connectivity index (χ3n) is 4.63. The Morgan fingerprint density at radius 3 is 2.40 bits per heavy atom. The average molecular weight is 286 g/mol. The molecule has 1 N–H and O–H groups in total. The zero-order valence-electron chi connectivity index (χ0n) is 13.9. The van der Waals surface area contributed by atoms with E-state index in [1.54, 1.807) is 14.2 Å². The van der Waals surface area contributed by atoms with Crippen molar-refractivity contribution in [3.8, 4) is 0 Å². The Balaban J connectivity index is 2.54. The summed E-state index contributed by atoms with van der Waals surface area (Å²) in [4.78, 5) is 2.50. The second-order valence-corrected chi connectivity index (χ2v) is 6.09. The van der Waals surface area contributed by atoms with Gasteiger partial charge in [-0.25, -0.2) is 0 Å². The molecule has 0 aliphatic heterocycles. The lowest BCUT2D eigenvalue weighted by Crippen LogP contribution is -2.49. The van der Waals surface area contributed by atoms with Crippen LogP contribution in [-0.2, 0) is 9.47 Å². The lowest BCUT2D eigenvalue weighted by atomic mass is 9.83. The lowest BCUT2D eigenvalue weighted by molar-refractivity contribution is 0.0616. The van der Waals surface area contributed by atoms with E-state index in [0.29, 0.717) is 12.1 Å². The molecule has 0 spiro atoms. The monoisotopic (exact) mass is 286 g/mol. The number of hydrogen-bond donors (Lipinski definition) is 1. The smallest absolute Gasteiger partial charge is 0.0615 e. The maximum absolute atomic E-state index is 5.32. The van der Waals surface area contributed by atoms with Crippen LogP contribution < -0.4 is 5.32 Å². The SMILES string of the molecule is CNC(CN(CCOC)C(C)COC)C1CCCCC1. The number of nitrogens with zero attached hydrogens (tertiary/aromatic N) is 1. The highest BCUT2D eigenvalue weighted by atomic mass is 16.5. The summed E-state index contributed by atoms with van der Waals surface area (Å²) in [7, 11) is 5.66. The molecule has 1 aliphatic rings. The molecule has 0 saturated heterocycles. The van der Waals surface area contributed by atoms with Crippen LogP contribution in [0.5, 0.6) is 0 Å². The number of methoxy groups -OCH3 is 2. The van der Waals surface area contributed by atoms with Gasteiger partial charge < -0.3 is 14.8 Å². The van der Waals surface area contributed by atoms with E-state index in [9.17, 15) is 0 Å². The third-order valence-corrected chi connectivity index (χ3v) is 4.63. The number of hydrogen-bond acceptors (Lipinski definition) is 4. The van der Waals surface area contributed by atoms with Crippen LogP contribution in [0.25, 0.3) is 0 Å². The largest absolute Gasteiger partial charge is 0.383 e. The molecule has 1 rings (SSSR count). The standard InChI is InChI=1S/C16H34N2O2/c1-14(13-20-4)18(10-11-19-3)12-16(17-2)15-8-6-5-7-9-15/h14-17H,5-13H2,1-4H3. The summed E-state index contributed by atoms with van der Waals surface area (Å²) in [5, 5.41) is 3.55. The van der Waals surface area contributed by atoms with E-state index in [0.717, 1.165) is 32.2 Å². The van der Waals surface area contributed by atoms with Crippen LogP contribution in [-0.4, -0.2) is 64.6 Å². The Kier molecular flexibility index (Phi) is 9.44. The first-order chi connectivity index (χ1) is 9.72. The van der Waals surface area contributed by atoms with Gasteiger partial charge in [0.1, 0.15) is 0 Å². The van der Waals surface area contributed by atoms with Crippen LogP contribution in [0, 0.1) is 5.92 Å². The maximum Gasteiger partial charge on any atom is 0.0615 e. The fourth-order valence-electron chi connectivity index (χ4n) is 3.31. The second-order valence-electron chi connectivity index (χ2n) is 6.09. The minimum Gasteiger partial charge on any atom is -0.383 e. The maximum atomic E-state index is 5.32. The highest BCUT2D eigenvalue weighted by Crippen LogP contribution is 2.27. The van der Waals surface area contributed by atoms with Crippen LogP contribution in [0.15, 0.2) is 0 Å². The van der Waals surface area contributed by atoms with Gasteiger partial charge in [-0.2, -0.15) is 0 Å². The summed E-state index contributed by atoms with van der Waals surface area (Å²) in [6, 6.07) is 1.03. The van der Waals surface area contributed by atoms with Crippen molar-refractivity contribution in [2.24, 2.45) is 5.92 Å². The van der Waals surface area contributed by atoms with Crippen molar-refractivity contribution in [1.82, 2.24) is 10.2 Å². The molecule has 2 atom stereocenters. The summed E-state index contributed by atoms with van der Waals surface area (Å²) >= 11 is 0. The molecule has 0 aromatic rings. The first kappa shape index (κ1) is 17.9. The Bertz CT molecular complexity index is 233. The zero-order chi connectivity index (χ0) is 14.8. The van der Waals surface area contributed by atoms with Gasteiger partial charge in [0.05, 0.1) is 13.2 Å². The number of nitrogens with one attached hydrogen (secondary N) is 1. The molecule has 0 heterocycles. The van der Waals surface area contributed by atoms with E-state index in [4.69, 9.17) is 9.47 Å². The Hall–Kier alpha value is -0.160. The van der Waals surface area contributed by atoms with Crippen molar-refractivity contribution in [2.75, 3.05) is 47.6 Å². The molecule has 4 heteroatoms. The summed E-state index contributed by atoms with van der Waals surface area (Å²) < 4.78 is 10.6. The Morgan fingerprint density at radius 1 is 1.15 bits per heavy atom. The molecule has 1 fully saturated rings. The Morgan fingerprint density at radius 2 is 1.85 bits per heavy atom. The highest BCUT2D eigenvalue weighted by molar-refractivity contribution is 4.83. The van der Waals surface area contributed by atoms with Gasteiger partial charge >= 0.3 is 0 Å². The van der Waals surface area contributed by atoms with Gasteiger partial charge in [-0.15, -0.1) is 0 Å². The molecular formula is C16H34N2O2. The van der Waals surface area contributed by atoms with E-state index in [-0.39, 0.29) is 0 Å². The van der Waals surface area contributed by atoms with Crippen LogP contribution in [0.3, 0.4) is 0 Å². The molecule has 1 saturated carbocycles.